The summed E-state index contributed by atoms with van der Waals surface area (Å²) in [5.41, 5.74) is 1.31. The molecule has 1 rings (SSSR count). The van der Waals surface area contributed by atoms with E-state index in [1.54, 1.807) is 7.05 Å². The highest BCUT2D eigenvalue weighted by atomic mass is 127. The summed E-state index contributed by atoms with van der Waals surface area (Å²) in [6.07, 6.45) is 2.12. The quantitative estimate of drug-likeness (QED) is 0.196. The van der Waals surface area contributed by atoms with Gasteiger partial charge in [-0.25, -0.2) is 13.1 Å². The van der Waals surface area contributed by atoms with E-state index in [-0.39, 0.29) is 24.0 Å². The van der Waals surface area contributed by atoms with E-state index in [0.717, 1.165) is 25.8 Å². The highest BCUT2D eigenvalue weighted by Gasteiger charge is 2.09. The zero-order valence-corrected chi connectivity index (χ0v) is 19.2. The Balaban J connectivity index is 0.00000625. The molecule has 150 valence electrons. The molecular formula is C17H32IN5O2S. The van der Waals surface area contributed by atoms with Gasteiger partial charge in [0.2, 0.25) is 10.0 Å². The second-order valence-electron chi connectivity index (χ2n) is 6.13. The predicted molar refractivity (Wildman–Crippen MR) is 120 cm³/mol. The van der Waals surface area contributed by atoms with Gasteiger partial charge in [-0.2, -0.15) is 0 Å². The van der Waals surface area contributed by atoms with Crippen LogP contribution in [0.15, 0.2) is 35.3 Å². The van der Waals surface area contributed by atoms with Crippen molar-refractivity contribution in [2.75, 3.05) is 40.0 Å². The summed E-state index contributed by atoms with van der Waals surface area (Å²) in [7, 11) is 0.677. The van der Waals surface area contributed by atoms with Crippen molar-refractivity contribution in [1.29, 1.82) is 0 Å². The van der Waals surface area contributed by atoms with E-state index in [9.17, 15) is 8.42 Å². The van der Waals surface area contributed by atoms with Gasteiger partial charge < -0.3 is 10.6 Å². The van der Waals surface area contributed by atoms with Gasteiger partial charge in [0.15, 0.2) is 5.96 Å². The van der Waals surface area contributed by atoms with Crippen LogP contribution in [0.5, 0.6) is 0 Å². The third-order valence-corrected chi connectivity index (χ3v) is 4.62. The van der Waals surface area contributed by atoms with Crippen LogP contribution in [-0.2, 0) is 16.6 Å². The highest BCUT2D eigenvalue weighted by Crippen LogP contribution is 2.07. The molecule has 0 radical (unpaired) electrons. The third-order valence-electron chi connectivity index (χ3n) is 3.89. The van der Waals surface area contributed by atoms with E-state index >= 15 is 0 Å². The van der Waals surface area contributed by atoms with Crippen molar-refractivity contribution in [3.63, 3.8) is 0 Å². The van der Waals surface area contributed by atoms with Crippen LogP contribution in [-0.4, -0.2) is 65.3 Å². The Morgan fingerprint density at radius 3 is 2.35 bits per heavy atom. The zero-order chi connectivity index (χ0) is 18.7. The number of nitrogens with one attached hydrogen (secondary N) is 3. The van der Waals surface area contributed by atoms with Crippen LogP contribution in [0.2, 0.25) is 0 Å². The minimum Gasteiger partial charge on any atom is -0.356 e. The van der Waals surface area contributed by atoms with Gasteiger partial charge in [0.25, 0.3) is 0 Å². The molecule has 0 fully saturated rings. The van der Waals surface area contributed by atoms with Crippen LogP contribution in [0.1, 0.15) is 18.9 Å². The second kappa shape index (κ2) is 13.3. The molecule has 9 heteroatoms. The maximum absolute atomic E-state index is 11.0. The van der Waals surface area contributed by atoms with Crippen molar-refractivity contribution in [1.82, 2.24) is 20.3 Å². The number of rotatable bonds is 10. The zero-order valence-electron chi connectivity index (χ0n) is 16.0. The molecule has 1 unspecified atom stereocenters. The summed E-state index contributed by atoms with van der Waals surface area (Å²) in [5, 5.41) is 6.33. The molecule has 0 aliphatic carbocycles. The minimum atomic E-state index is -3.15. The third kappa shape index (κ3) is 11.7. The molecule has 0 heterocycles. The monoisotopic (exact) mass is 497 g/mol. The average Bonchev–Trinajstić information content (AvgIpc) is 2.56. The van der Waals surface area contributed by atoms with Crippen LogP contribution >= 0.6 is 24.0 Å². The SMILES string of the molecule is CN=C(NCCNS(C)(=O)=O)NCCC(C)N(C)Cc1ccccc1.I. The lowest BCUT2D eigenvalue weighted by Gasteiger charge is -2.25. The van der Waals surface area contributed by atoms with Gasteiger partial charge in [-0.1, -0.05) is 30.3 Å². The Morgan fingerprint density at radius 1 is 1.15 bits per heavy atom. The maximum Gasteiger partial charge on any atom is 0.208 e. The van der Waals surface area contributed by atoms with Crippen molar-refractivity contribution in [2.45, 2.75) is 25.9 Å². The van der Waals surface area contributed by atoms with Crippen LogP contribution < -0.4 is 15.4 Å². The molecule has 0 spiro atoms. The standard InChI is InChI=1S/C17H31N5O2S.HI/c1-15(22(3)14-16-8-6-5-7-9-16)10-11-19-17(18-2)20-12-13-21-25(4,23)24;/h5-9,15,21H,10-14H2,1-4H3,(H2,18,19,20);1H. The van der Waals surface area contributed by atoms with Crippen molar-refractivity contribution in [2.24, 2.45) is 4.99 Å². The Hall–Kier alpha value is -0.910. The molecule has 0 saturated heterocycles. The molecule has 3 N–H and O–H groups in total. The Morgan fingerprint density at radius 2 is 1.77 bits per heavy atom. The topological polar surface area (TPSA) is 85.8 Å². The molecule has 26 heavy (non-hydrogen) atoms. The van der Waals surface area contributed by atoms with E-state index in [0.29, 0.717) is 25.1 Å². The summed E-state index contributed by atoms with van der Waals surface area (Å²) < 4.78 is 24.4. The molecule has 7 nitrogen and oxygen atoms in total. The predicted octanol–water partition coefficient (Wildman–Crippen LogP) is 1.23. The lowest BCUT2D eigenvalue weighted by atomic mass is 10.1. The Bertz CT molecular complexity index is 625. The summed E-state index contributed by atoms with van der Waals surface area (Å²) >= 11 is 0. The molecular weight excluding hydrogens is 465 g/mol. The molecule has 0 amide bonds. The maximum atomic E-state index is 11.0. The van der Waals surface area contributed by atoms with Gasteiger partial charge in [-0.05, 0) is 26.0 Å². The van der Waals surface area contributed by atoms with Crippen LogP contribution in [0, 0.1) is 0 Å². The van der Waals surface area contributed by atoms with Gasteiger partial charge in [-0.3, -0.25) is 9.89 Å². The van der Waals surface area contributed by atoms with Gasteiger partial charge in [0, 0.05) is 39.3 Å². The Kier molecular flexibility index (Phi) is 12.8. The molecule has 0 aliphatic heterocycles. The van der Waals surface area contributed by atoms with E-state index in [4.69, 9.17) is 0 Å². The van der Waals surface area contributed by atoms with Crippen LogP contribution in [0.25, 0.3) is 0 Å². The summed E-state index contributed by atoms with van der Waals surface area (Å²) in [6, 6.07) is 10.8. The number of benzene rings is 1. The normalized spacial score (nSPS) is 13.2. The van der Waals surface area contributed by atoms with E-state index in [1.165, 1.54) is 5.56 Å². The number of hydrogen-bond acceptors (Lipinski definition) is 4. The van der Waals surface area contributed by atoms with Gasteiger partial charge in [-0.15, -0.1) is 24.0 Å². The van der Waals surface area contributed by atoms with Crippen LogP contribution in [0.3, 0.4) is 0 Å². The van der Waals surface area contributed by atoms with E-state index in [1.807, 2.05) is 6.07 Å². The van der Waals surface area contributed by atoms with E-state index in [2.05, 4.69) is 63.5 Å². The second-order valence-corrected chi connectivity index (χ2v) is 7.96. The molecule has 0 aromatic heterocycles. The van der Waals surface area contributed by atoms with Crippen molar-refractivity contribution >= 4 is 40.0 Å². The summed E-state index contributed by atoms with van der Waals surface area (Å²) in [5.74, 6) is 0.674. The van der Waals surface area contributed by atoms with Gasteiger partial charge >= 0.3 is 0 Å². The fraction of sp³-hybridized carbons (Fsp3) is 0.588. The number of guanidine groups is 1. The van der Waals surface area contributed by atoms with Gasteiger partial charge in [0.05, 0.1) is 6.26 Å². The molecule has 1 aromatic rings. The number of halogens is 1. The smallest absolute Gasteiger partial charge is 0.208 e. The number of nitrogens with zero attached hydrogens (tertiary/aromatic N) is 2. The molecule has 1 atom stereocenters. The van der Waals surface area contributed by atoms with Gasteiger partial charge in [0.1, 0.15) is 0 Å². The fourth-order valence-corrected chi connectivity index (χ4v) is 2.76. The highest BCUT2D eigenvalue weighted by molar-refractivity contribution is 14.0. The Labute approximate surface area is 175 Å². The van der Waals surface area contributed by atoms with Crippen molar-refractivity contribution in [3.8, 4) is 0 Å². The number of sulfonamides is 1. The number of hydrogen-bond donors (Lipinski definition) is 3. The largest absolute Gasteiger partial charge is 0.356 e. The minimum absolute atomic E-state index is 0. The first-order valence-corrected chi connectivity index (χ1v) is 10.3. The van der Waals surface area contributed by atoms with Crippen molar-refractivity contribution in [3.05, 3.63) is 35.9 Å². The lowest BCUT2D eigenvalue weighted by Crippen LogP contribution is -2.42. The van der Waals surface area contributed by atoms with Crippen molar-refractivity contribution < 1.29 is 8.42 Å². The molecule has 0 saturated carbocycles. The van der Waals surface area contributed by atoms with Crippen LogP contribution in [0.4, 0.5) is 0 Å². The summed E-state index contributed by atoms with van der Waals surface area (Å²) in [4.78, 5) is 6.46. The first-order valence-electron chi connectivity index (χ1n) is 8.45. The average molecular weight is 497 g/mol. The first-order chi connectivity index (χ1) is 11.8. The summed E-state index contributed by atoms with van der Waals surface area (Å²) in [6.45, 7) is 4.73. The number of aliphatic imine (C=N–C) groups is 1. The fourth-order valence-electron chi connectivity index (χ4n) is 2.29. The van der Waals surface area contributed by atoms with E-state index < -0.39 is 10.0 Å². The first kappa shape index (κ1) is 25.1. The lowest BCUT2D eigenvalue weighted by molar-refractivity contribution is 0.238. The molecule has 1 aromatic carbocycles. The molecule has 0 aliphatic rings. The molecule has 0 bridgehead atoms.